The number of guanidine groups is 1. The Balaban J connectivity index is 1.27. The van der Waals surface area contributed by atoms with Gasteiger partial charge in [-0.3, -0.25) is 4.99 Å². The topological polar surface area (TPSA) is 49.3 Å². The summed E-state index contributed by atoms with van der Waals surface area (Å²) >= 11 is 1.72. The van der Waals surface area contributed by atoms with Crippen molar-refractivity contribution >= 4 is 17.3 Å². The van der Waals surface area contributed by atoms with Gasteiger partial charge in [0.1, 0.15) is 5.01 Å². The number of aliphatic imine (C=N–C) groups is 1. The SMILES string of the molecule is CN=C(NCc1nc(C(C)C)cs1)NCC1C2Cc3ccccc3C12. The van der Waals surface area contributed by atoms with E-state index in [4.69, 9.17) is 0 Å². The van der Waals surface area contributed by atoms with E-state index in [9.17, 15) is 0 Å². The Morgan fingerprint density at radius 2 is 2.16 bits per heavy atom. The number of rotatable bonds is 5. The van der Waals surface area contributed by atoms with Crippen molar-refractivity contribution in [3.05, 3.63) is 51.5 Å². The molecule has 4 nitrogen and oxygen atoms in total. The Bertz CT molecular complexity index is 780. The van der Waals surface area contributed by atoms with Gasteiger partial charge < -0.3 is 10.6 Å². The predicted molar refractivity (Wildman–Crippen MR) is 104 cm³/mol. The fourth-order valence-electron chi connectivity index (χ4n) is 4.03. The summed E-state index contributed by atoms with van der Waals surface area (Å²) in [6.45, 7) is 6.09. The molecule has 25 heavy (non-hydrogen) atoms. The van der Waals surface area contributed by atoms with Crippen LogP contribution in [0.5, 0.6) is 0 Å². The molecule has 1 aromatic heterocycles. The van der Waals surface area contributed by atoms with Gasteiger partial charge in [0.15, 0.2) is 5.96 Å². The van der Waals surface area contributed by atoms with E-state index >= 15 is 0 Å². The molecule has 2 N–H and O–H groups in total. The summed E-state index contributed by atoms with van der Waals surface area (Å²) in [6, 6.07) is 8.92. The first-order valence-electron chi connectivity index (χ1n) is 9.14. The Hall–Kier alpha value is -1.88. The summed E-state index contributed by atoms with van der Waals surface area (Å²) in [5.74, 6) is 3.70. The maximum atomic E-state index is 4.67. The Morgan fingerprint density at radius 1 is 1.32 bits per heavy atom. The number of aromatic nitrogens is 1. The lowest BCUT2D eigenvalue weighted by molar-refractivity contribution is 0.653. The zero-order valence-electron chi connectivity index (χ0n) is 15.1. The average molecular weight is 355 g/mol. The van der Waals surface area contributed by atoms with Crippen molar-refractivity contribution in [1.29, 1.82) is 0 Å². The molecule has 0 bridgehead atoms. The summed E-state index contributed by atoms with van der Waals surface area (Å²) < 4.78 is 0. The zero-order valence-corrected chi connectivity index (χ0v) is 15.9. The quantitative estimate of drug-likeness (QED) is 0.638. The van der Waals surface area contributed by atoms with E-state index in [1.165, 1.54) is 12.1 Å². The highest BCUT2D eigenvalue weighted by molar-refractivity contribution is 7.09. The molecule has 1 saturated carbocycles. The van der Waals surface area contributed by atoms with Gasteiger partial charge in [-0.2, -0.15) is 0 Å². The first-order chi connectivity index (χ1) is 12.2. The Labute approximate surface area is 153 Å². The van der Waals surface area contributed by atoms with Crippen molar-refractivity contribution in [2.24, 2.45) is 16.8 Å². The van der Waals surface area contributed by atoms with Crippen molar-refractivity contribution in [1.82, 2.24) is 15.6 Å². The van der Waals surface area contributed by atoms with E-state index in [-0.39, 0.29) is 0 Å². The number of nitrogens with one attached hydrogen (secondary N) is 2. The summed E-state index contributed by atoms with van der Waals surface area (Å²) in [4.78, 5) is 9.02. The van der Waals surface area contributed by atoms with Gasteiger partial charge in [-0.1, -0.05) is 38.1 Å². The second-order valence-corrected chi connectivity index (χ2v) is 8.33. The monoisotopic (exact) mass is 354 g/mol. The summed E-state index contributed by atoms with van der Waals surface area (Å²) in [5, 5.41) is 10.2. The van der Waals surface area contributed by atoms with Crippen molar-refractivity contribution < 1.29 is 0 Å². The molecular formula is C20H26N4S. The molecule has 4 rings (SSSR count). The van der Waals surface area contributed by atoms with Crippen LogP contribution in [0.2, 0.25) is 0 Å². The second-order valence-electron chi connectivity index (χ2n) is 7.38. The number of nitrogens with zero attached hydrogens (tertiary/aromatic N) is 2. The lowest BCUT2D eigenvalue weighted by Crippen LogP contribution is -2.38. The third kappa shape index (κ3) is 3.30. The number of hydrogen-bond donors (Lipinski definition) is 2. The Morgan fingerprint density at radius 3 is 2.92 bits per heavy atom. The summed E-state index contributed by atoms with van der Waals surface area (Å²) in [6.07, 6.45) is 1.25. The highest BCUT2D eigenvalue weighted by Crippen LogP contribution is 2.60. The first kappa shape index (κ1) is 16.6. The molecule has 1 aromatic carbocycles. The average Bonchev–Trinajstić information content (AvgIpc) is 2.99. The van der Waals surface area contributed by atoms with E-state index in [0.29, 0.717) is 5.92 Å². The Kier molecular flexibility index (Phi) is 4.50. The van der Waals surface area contributed by atoms with Crippen LogP contribution in [0, 0.1) is 11.8 Å². The molecule has 3 atom stereocenters. The lowest BCUT2D eigenvalue weighted by Gasteiger charge is -2.12. The van der Waals surface area contributed by atoms with Gasteiger partial charge in [-0.25, -0.2) is 4.98 Å². The molecule has 1 heterocycles. The minimum Gasteiger partial charge on any atom is -0.356 e. The van der Waals surface area contributed by atoms with Crippen LogP contribution in [0.25, 0.3) is 0 Å². The third-order valence-electron chi connectivity index (χ3n) is 5.50. The van der Waals surface area contributed by atoms with Gasteiger partial charge in [0.05, 0.1) is 12.2 Å². The maximum absolute atomic E-state index is 4.67. The highest BCUT2D eigenvalue weighted by Gasteiger charge is 2.54. The highest BCUT2D eigenvalue weighted by atomic mass is 32.1. The van der Waals surface area contributed by atoms with E-state index in [2.05, 4.69) is 64.1 Å². The molecule has 0 amide bonds. The fourth-order valence-corrected chi connectivity index (χ4v) is 4.92. The van der Waals surface area contributed by atoms with Crippen LogP contribution in [0.3, 0.4) is 0 Å². The molecule has 2 aromatic rings. The number of fused-ring (bicyclic) bond motifs is 3. The zero-order chi connectivity index (χ0) is 17.4. The van der Waals surface area contributed by atoms with Gasteiger partial charge in [-0.05, 0) is 41.2 Å². The van der Waals surface area contributed by atoms with E-state index in [0.717, 1.165) is 41.8 Å². The molecule has 0 saturated heterocycles. The van der Waals surface area contributed by atoms with Gasteiger partial charge >= 0.3 is 0 Å². The largest absolute Gasteiger partial charge is 0.356 e. The van der Waals surface area contributed by atoms with Gasteiger partial charge in [-0.15, -0.1) is 11.3 Å². The van der Waals surface area contributed by atoms with Crippen molar-refractivity contribution in [3.8, 4) is 0 Å². The number of benzene rings is 1. The summed E-state index contributed by atoms with van der Waals surface area (Å²) in [7, 11) is 1.83. The molecule has 132 valence electrons. The van der Waals surface area contributed by atoms with E-state index in [1.807, 2.05) is 7.05 Å². The molecule has 0 aliphatic heterocycles. The van der Waals surface area contributed by atoms with Gasteiger partial charge in [0, 0.05) is 19.0 Å². The second kappa shape index (κ2) is 6.79. The molecular weight excluding hydrogens is 328 g/mol. The van der Waals surface area contributed by atoms with Crippen molar-refractivity contribution in [2.45, 2.75) is 38.6 Å². The van der Waals surface area contributed by atoms with Gasteiger partial charge in [0.25, 0.3) is 0 Å². The molecule has 2 aliphatic carbocycles. The molecule has 3 unspecified atom stereocenters. The van der Waals surface area contributed by atoms with Crippen LogP contribution in [0.4, 0.5) is 0 Å². The number of hydrogen-bond acceptors (Lipinski definition) is 3. The fraction of sp³-hybridized carbons (Fsp3) is 0.500. The van der Waals surface area contributed by atoms with Crippen LogP contribution >= 0.6 is 11.3 Å². The molecule has 1 fully saturated rings. The maximum Gasteiger partial charge on any atom is 0.191 e. The van der Waals surface area contributed by atoms with Crippen LogP contribution in [0.15, 0.2) is 34.6 Å². The predicted octanol–water partition coefficient (Wildman–Crippen LogP) is 3.52. The third-order valence-corrected chi connectivity index (χ3v) is 6.37. The van der Waals surface area contributed by atoms with E-state index < -0.39 is 0 Å². The van der Waals surface area contributed by atoms with Crippen LogP contribution < -0.4 is 10.6 Å². The van der Waals surface area contributed by atoms with Crippen LogP contribution in [0.1, 0.15) is 47.5 Å². The van der Waals surface area contributed by atoms with Crippen LogP contribution in [-0.2, 0) is 13.0 Å². The molecule has 0 radical (unpaired) electrons. The summed E-state index contributed by atoms with van der Waals surface area (Å²) in [5.41, 5.74) is 4.31. The lowest BCUT2D eigenvalue weighted by atomic mass is 10.0. The normalized spacial score (nSPS) is 24.2. The van der Waals surface area contributed by atoms with Gasteiger partial charge in [0.2, 0.25) is 0 Å². The van der Waals surface area contributed by atoms with Crippen molar-refractivity contribution in [3.63, 3.8) is 0 Å². The standard InChI is InChI=1S/C20H26N4S/c1-12(2)17-11-25-18(24-17)10-23-20(21-3)22-9-16-15-8-13-6-4-5-7-14(13)19(15)16/h4-7,11-12,15-16,19H,8-10H2,1-3H3,(H2,21,22,23). The molecule has 5 heteroatoms. The molecule has 2 aliphatic rings. The van der Waals surface area contributed by atoms with Crippen molar-refractivity contribution in [2.75, 3.05) is 13.6 Å². The molecule has 0 spiro atoms. The minimum atomic E-state index is 0.486. The number of thiazole rings is 1. The van der Waals surface area contributed by atoms with Crippen LogP contribution in [-0.4, -0.2) is 24.5 Å². The minimum absolute atomic E-state index is 0.486. The van der Waals surface area contributed by atoms with E-state index in [1.54, 1.807) is 22.5 Å². The smallest absolute Gasteiger partial charge is 0.191 e. The first-order valence-corrected chi connectivity index (χ1v) is 10.0.